The molecule has 1 heterocycles. The maximum atomic E-state index is 11.1. The van der Waals surface area contributed by atoms with E-state index in [1.54, 1.807) is 11.7 Å². The van der Waals surface area contributed by atoms with Crippen molar-refractivity contribution in [3.05, 3.63) is 41.6 Å². The lowest BCUT2D eigenvalue weighted by atomic mass is 10.1. The van der Waals surface area contributed by atoms with Crippen molar-refractivity contribution in [2.24, 2.45) is 0 Å². The summed E-state index contributed by atoms with van der Waals surface area (Å²) < 4.78 is 1.57. The summed E-state index contributed by atoms with van der Waals surface area (Å²) in [5.41, 5.74) is 7.86. The van der Waals surface area contributed by atoms with Gasteiger partial charge in [0.05, 0.1) is 11.4 Å². The summed E-state index contributed by atoms with van der Waals surface area (Å²) >= 11 is 0. The van der Waals surface area contributed by atoms with Crippen LogP contribution >= 0.6 is 0 Å². The molecule has 4 N–H and O–H groups in total. The number of aromatic nitrogens is 2. The molecule has 2 aromatic rings. The minimum Gasteiger partial charge on any atom is -0.382 e. The maximum Gasteiger partial charge on any atom is 0.314 e. The Balaban J connectivity index is 2.12. The van der Waals surface area contributed by atoms with Gasteiger partial charge in [-0.05, 0) is 25.0 Å². The zero-order valence-corrected chi connectivity index (χ0v) is 12.3. The Morgan fingerprint density at radius 2 is 2.14 bits per heavy atom. The third-order valence-corrected chi connectivity index (χ3v) is 3.21. The van der Waals surface area contributed by atoms with Crippen LogP contribution in [0.4, 0.5) is 10.6 Å². The van der Waals surface area contributed by atoms with Crippen molar-refractivity contribution in [1.82, 2.24) is 20.4 Å². The molecule has 0 atom stereocenters. The summed E-state index contributed by atoms with van der Waals surface area (Å²) in [6.45, 7) is 0.503. The van der Waals surface area contributed by atoms with Gasteiger partial charge in [-0.1, -0.05) is 18.2 Å². The molecule has 0 aliphatic heterocycles. The fourth-order valence-electron chi connectivity index (χ4n) is 2.09. The predicted octanol–water partition coefficient (Wildman–Crippen LogP) is 1.19. The summed E-state index contributed by atoms with van der Waals surface area (Å²) in [5, 5.41) is 18.9. The van der Waals surface area contributed by atoms with Crippen LogP contribution in [0.15, 0.2) is 30.3 Å². The molecule has 0 bridgehead atoms. The quantitative estimate of drug-likeness (QED) is 0.720. The molecule has 1 aromatic heterocycles. The number of nitrogens with one attached hydrogen (secondary N) is 2. The number of aryl methyl sites for hydroxylation is 1. The molecule has 22 heavy (non-hydrogen) atoms. The summed E-state index contributed by atoms with van der Waals surface area (Å²) in [4.78, 5) is 11.1. The lowest BCUT2D eigenvalue weighted by Gasteiger charge is -2.03. The molecule has 7 nitrogen and oxygen atoms in total. The molecule has 0 fully saturated rings. The van der Waals surface area contributed by atoms with Gasteiger partial charge in [0.15, 0.2) is 0 Å². The van der Waals surface area contributed by atoms with Gasteiger partial charge in [-0.2, -0.15) is 10.4 Å². The van der Waals surface area contributed by atoms with E-state index in [-0.39, 0.29) is 6.03 Å². The molecular weight excluding hydrogens is 280 g/mol. The summed E-state index contributed by atoms with van der Waals surface area (Å²) in [6.07, 6.45) is 1.24. The molecule has 0 aliphatic carbocycles. The number of nitriles is 1. The van der Waals surface area contributed by atoms with Crippen LogP contribution in [0.2, 0.25) is 0 Å². The second kappa shape index (κ2) is 7.13. The number of amides is 2. The van der Waals surface area contributed by atoms with Gasteiger partial charge in [-0.15, -0.1) is 0 Å². The average Bonchev–Trinajstić information content (AvgIpc) is 2.87. The first-order valence-electron chi connectivity index (χ1n) is 6.96. The average molecular weight is 298 g/mol. The number of carbonyl (C=O) groups excluding carboxylic acids is 1. The van der Waals surface area contributed by atoms with Crippen molar-refractivity contribution in [2.75, 3.05) is 19.3 Å². The van der Waals surface area contributed by atoms with E-state index < -0.39 is 0 Å². The SMILES string of the molecule is CNC(=O)NCCCc1nn(-c2ccccc2)c(N)c1C#N. The zero-order chi connectivity index (χ0) is 15.9. The van der Waals surface area contributed by atoms with Gasteiger partial charge in [0.1, 0.15) is 17.5 Å². The van der Waals surface area contributed by atoms with Crippen molar-refractivity contribution >= 4 is 11.8 Å². The van der Waals surface area contributed by atoms with E-state index in [1.807, 2.05) is 30.3 Å². The van der Waals surface area contributed by atoms with Crippen molar-refractivity contribution < 1.29 is 4.79 Å². The molecule has 114 valence electrons. The standard InChI is InChI=1S/C15H18N6O/c1-18-15(22)19-9-5-8-13-12(10-16)14(17)21(20-13)11-6-3-2-4-7-11/h2-4,6-7H,5,8-9,17H2,1H3,(H2,18,19,22). The lowest BCUT2D eigenvalue weighted by molar-refractivity contribution is 0.243. The van der Waals surface area contributed by atoms with Crippen LogP contribution in [0.5, 0.6) is 0 Å². The largest absolute Gasteiger partial charge is 0.382 e. The van der Waals surface area contributed by atoms with E-state index in [9.17, 15) is 10.1 Å². The van der Waals surface area contributed by atoms with E-state index in [2.05, 4.69) is 21.8 Å². The van der Waals surface area contributed by atoms with Gasteiger partial charge in [-0.3, -0.25) is 0 Å². The van der Waals surface area contributed by atoms with Crippen molar-refractivity contribution in [3.8, 4) is 11.8 Å². The van der Waals surface area contributed by atoms with Gasteiger partial charge in [0.25, 0.3) is 0 Å². The van der Waals surface area contributed by atoms with Crippen LogP contribution < -0.4 is 16.4 Å². The van der Waals surface area contributed by atoms with Gasteiger partial charge in [-0.25, -0.2) is 9.48 Å². The number of urea groups is 1. The van der Waals surface area contributed by atoms with E-state index in [1.165, 1.54) is 0 Å². The highest BCUT2D eigenvalue weighted by Crippen LogP contribution is 2.21. The molecule has 0 unspecified atom stereocenters. The highest BCUT2D eigenvalue weighted by Gasteiger charge is 2.16. The third-order valence-electron chi connectivity index (χ3n) is 3.21. The predicted molar refractivity (Wildman–Crippen MR) is 83.5 cm³/mol. The number of hydrogen-bond donors (Lipinski definition) is 3. The molecule has 2 amide bonds. The summed E-state index contributed by atoms with van der Waals surface area (Å²) in [6, 6.07) is 11.3. The molecule has 0 aliphatic rings. The number of nitrogens with two attached hydrogens (primary N) is 1. The fourth-order valence-corrected chi connectivity index (χ4v) is 2.09. The summed E-state index contributed by atoms with van der Waals surface area (Å²) in [5.74, 6) is 0.336. The van der Waals surface area contributed by atoms with Crippen LogP contribution in [0, 0.1) is 11.3 Å². The van der Waals surface area contributed by atoms with Gasteiger partial charge in [0, 0.05) is 13.6 Å². The second-order valence-electron chi connectivity index (χ2n) is 4.68. The first-order chi connectivity index (χ1) is 10.7. The number of anilines is 1. The van der Waals surface area contributed by atoms with Crippen molar-refractivity contribution in [1.29, 1.82) is 5.26 Å². The van der Waals surface area contributed by atoms with Crippen LogP contribution in [-0.4, -0.2) is 29.4 Å². The molecule has 0 saturated carbocycles. The Morgan fingerprint density at radius 3 is 2.77 bits per heavy atom. The van der Waals surface area contributed by atoms with Crippen LogP contribution in [0.25, 0.3) is 5.69 Å². The number of rotatable bonds is 5. The van der Waals surface area contributed by atoms with Crippen molar-refractivity contribution in [2.45, 2.75) is 12.8 Å². The maximum absolute atomic E-state index is 11.1. The monoisotopic (exact) mass is 298 g/mol. The van der Waals surface area contributed by atoms with Gasteiger partial charge in [0.2, 0.25) is 0 Å². The third kappa shape index (κ3) is 3.35. The first-order valence-corrected chi connectivity index (χ1v) is 6.96. The van der Waals surface area contributed by atoms with E-state index in [4.69, 9.17) is 5.73 Å². The lowest BCUT2D eigenvalue weighted by Crippen LogP contribution is -2.33. The number of carbonyl (C=O) groups is 1. The van der Waals surface area contributed by atoms with Crippen LogP contribution in [-0.2, 0) is 6.42 Å². The zero-order valence-electron chi connectivity index (χ0n) is 12.3. The van der Waals surface area contributed by atoms with Gasteiger partial charge >= 0.3 is 6.03 Å². The number of nitrogens with zero attached hydrogens (tertiary/aromatic N) is 3. The number of para-hydroxylation sites is 1. The number of hydrogen-bond acceptors (Lipinski definition) is 4. The fraction of sp³-hybridized carbons (Fsp3) is 0.267. The van der Waals surface area contributed by atoms with Crippen LogP contribution in [0.3, 0.4) is 0 Å². The summed E-state index contributed by atoms with van der Waals surface area (Å²) in [7, 11) is 1.56. The second-order valence-corrected chi connectivity index (χ2v) is 4.68. The first kappa shape index (κ1) is 15.4. The van der Waals surface area contributed by atoms with Crippen molar-refractivity contribution in [3.63, 3.8) is 0 Å². The highest BCUT2D eigenvalue weighted by molar-refractivity contribution is 5.73. The minimum absolute atomic E-state index is 0.227. The molecule has 7 heteroatoms. The topological polar surface area (TPSA) is 109 Å². The van der Waals surface area contributed by atoms with E-state index in [0.29, 0.717) is 36.5 Å². The Morgan fingerprint density at radius 1 is 1.41 bits per heavy atom. The van der Waals surface area contributed by atoms with E-state index in [0.717, 1.165) is 5.69 Å². The Bertz CT molecular complexity index is 686. The Labute approximate surface area is 128 Å². The normalized spacial score (nSPS) is 10.0. The smallest absolute Gasteiger partial charge is 0.314 e. The Kier molecular flexibility index (Phi) is 4.98. The van der Waals surface area contributed by atoms with Crippen LogP contribution in [0.1, 0.15) is 17.7 Å². The molecular formula is C15H18N6O. The molecule has 1 aromatic carbocycles. The Hall–Kier alpha value is -3.01. The van der Waals surface area contributed by atoms with E-state index >= 15 is 0 Å². The number of benzene rings is 1. The van der Waals surface area contributed by atoms with Gasteiger partial charge < -0.3 is 16.4 Å². The minimum atomic E-state index is -0.227. The molecule has 0 spiro atoms. The molecule has 0 radical (unpaired) electrons. The molecule has 2 rings (SSSR count). The molecule has 0 saturated heterocycles. The highest BCUT2D eigenvalue weighted by atomic mass is 16.2. The number of nitrogen functional groups attached to an aromatic ring is 1.